The lowest BCUT2D eigenvalue weighted by Gasteiger charge is -2.32. The Balaban J connectivity index is 1.83. The molecule has 0 aliphatic carbocycles. The highest BCUT2D eigenvalue weighted by Crippen LogP contribution is 2.38. The summed E-state index contributed by atoms with van der Waals surface area (Å²) in [5, 5.41) is 11.6. The largest absolute Gasteiger partial charge is 0.494 e. The Morgan fingerprint density at radius 2 is 1.71 bits per heavy atom. The van der Waals surface area contributed by atoms with Crippen LogP contribution in [0.3, 0.4) is 0 Å². The van der Waals surface area contributed by atoms with Crippen LogP contribution in [-0.4, -0.2) is 18.3 Å². The SMILES string of the molecule is CC1(C)OB(c2ccc3c(c2)sc2c(C#N)cccc23)OC1(C)C. The summed E-state index contributed by atoms with van der Waals surface area (Å²) in [6.07, 6.45) is 0. The van der Waals surface area contributed by atoms with Gasteiger partial charge < -0.3 is 9.31 Å². The number of fused-ring (bicyclic) bond motifs is 3. The van der Waals surface area contributed by atoms with Crippen molar-refractivity contribution in [3.8, 4) is 6.07 Å². The van der Waals surface area contributed by atoms with Crippen LogP contribution in [0, 0.1) is 11.3 Å². The molecule has 2 aromatic carbocycles. The second-order valence-corrected chi connectivity index (χ2v) is 8.29. The van der Waals surface area contributed by atoms with E-state index >= 15 is 0 Å². The lowest BCUT2D eigenvalue weighted by atomic mass is 9.79. The monoisotopic (exact) mass is 335 g/mol. The minimum Gasteiger partial charge on any atom is -0.399 e. The smallest absolute Gasteiger partial charge is 0.399 e. The van der Waals surface area contributed by atoms with E-state index in [1.807, 2.05) is 12.1 Å². The summed E-state index contributed by atoms with van der Waals surface area (Å²) in [7, 11) is -0.361. The lowest BCUT2D eigenvalue weighted by molar-refractivity contribution is 0.00578. The average molecular weight is 335 g/mol. The van der Waals surface area contributed by atoms with Gasteiger partial charge in [0.2, 0.25) is 0 Å². The second kappa shape index (κ2) is 5.06. The third kappa shape index (κ3) is 2.18. The Labute approximate surface area is 145 Å². The van der Waals surface area contributed by atoms with Crippen molar-refractivity contribution in [3.63, 3.8) is 0 Å². The van der Waals surface area contributed by atoms with Crippen molar-refractivity contribution in [1.82, 2.24) is 0 Å². The van der Waals surface area contributed by atoms with Gasteiger partial charge in [-0.05, 0) is 45.3 Å². The fourth-order valence-corrected chi connectivity index (χ4v) is 4.24. The Kier molecular flexibility index (Phi) is 3.30. The number of benzene rings is 2. The van der Waals surface area contributed by atoms with Gasteiger partial charge in [-0.3, -0.25) is 0 Å². The number of thiophene rings is 1. The van der Waals surface area contributed by atoms with Gasteiger partial charge in [0.25, 0.3) is 0 Å². The Bertz CT molecular complexity index is 984. The van der Waals surface area contributed by atoms with Crippen LogP contribution in [0.5, 0.6) is 0 Å². The molecule has 0 radical (unpaired) electrons. The Morgan fingerprint density at radius 3 is 2.38 bits per heavy atom. The zero-order valence-electron chi connectivity index (χ0n) is 14.2. The number of hydrogen-bond acceptors (Lipinski definition) is 4. The number of nitrogens with zero attached hydrogens (tertiary/aromatic N) is 1. The standard InChI is InChI=1S/C19H18BNO2S/c1-18(2)19(3,4)23-20(22-18)13-8-9-14-15-7-5-6-12(11-21)17(15)24-16(14)10-13/h5-10H,1-4H3. The predicted octanol–water partition coefficient (Wildman–Crippen LogP) is 4.23. The first-order valence-corrected chi connectivity index (χ1v) is 8.85. The highest BCUT2D eigenvalue weighted by molar-refractivity contribution is 7.26. The summed E-state index contributed by atoms with van der Waals surface area (Å²) < 4.78 is 14.5. The molecule has 1 aliphatic rings. The third-order valence-electron chi connectivity index (χ3n) is 5.17. The van der Waals surface area contributed by atoms with Crippen molar-refractivity contribution in [2.45, 2.75) is 38.9 Å². The van der Waals surface area contributed by atoms with Crippen molar-refractivity contribution in [1.29, 1.82) is 5.26 Å². The van der Waals surface area contributed by atoms with Crippen LogP contribution >= 0.6 is 11.3 Å². The van der Waals surface area contributed by atoms with Crippen LogP contribution < -0.4 is 5.46 Å². The van der Waals surface area contributed by atoms with E-state index in [4.69, 9.17) is 9.31 Å². The second-order valence-electron chi connectivity index (χ2n) is 7.24. The maximum Gasteiger partial charge on any atom is 0.494 e. The van der Waals surface area contributed by atoms with Crippen LogP contribution in [-0.2, 0) is 9.31 Å². The summed E-state index contributed by atoms with van der Waals surface area (Å²) in [6, 6.07) is 14.5. The summed E-state index contributed by atoms with van der Waals surface area (Å²) in [5.41, 5.74) is 1.05. The molecule has 3 nitrogen and oxygen atoms in total. The van der Waals surface area contributed by atoms with Gasteiger partial charge in [0.05, 0.1) is 21.5 Å². The maximum absolute atomic E-state index is 9.32. The van der Waals surface area contributed by atoms with Gasteiger partial charge in [0, 0.05) is 15.5 Å². The topological polar surface area (TPSA) is 42.2 Å². The average Bonchev–Trinajstić information content (AvgIpc) is 3.00. The summed E-state index contributed by atoms with van der Waals surface area (Å²) in [6.45, 7) is 8.24. The van der Waals surface area contributed by atoms with Crippen LogP contribution in [0.15, 0.2) is 36.4 Å². The number of nitriles is 1. The highest BCUT2D eigenvalue weighted by Gasteiger charge is 2.51. The Morgan fingerprint density at radius 1 is 1.00 bits per heavy atom. The van der Waals surface area contributed by atoms with Crippen LogP contribution in [0.25, 0.3) is 20.2 Å². The van der Waals surface area contributed by atoms with Crippen molar-refractivity contribution < 1.29 is 9.31 Å². The molecule has 0 bridgehead atoms. The molecule has 0 N–H and O–H groups in total. The van der Waals surface area contributed by atoms with Crippen LogP contribution in [0.4, 0.5) is 0 Å². The zero-order valence-corrected chi connectivity index (χ0v) is 15.0. The summed E-state index contributed by atoms with van der Waals surface area (Å²) in [4.78, 5) is 0. The molecular weight excluding hydrogens is 317 g/mol. The summed E-state index contributed by atoms with van der Waals surface area (Å²) >= 11 is 1.65. The van der Waals surface area contributed by atoms with Gasteiger partial charge in [0.15, 0.2) is 0 Å². The van der Waals surface area contributed by atoms with E-state index in [2.05, 4.69) is 58.0 Å². The molecule has 0 spiro atoms. The van der Waals surface area contributed by atoms with Gasteiger partial charge in [-0.2, -0.15) is 5.26 Å². The van der Waals surface area contributed by atoms with Gasteiger partial charge in [-0.1, -0.05) is 24.3 Å². The third-order valence-corrected chi connectivity index (χ3v) is 6.37. The van der Waals surface area contributed by atoms with Crippen molar-refractivity contribution in [2.24, 2.45) is 0 Å². The predicted molar refractivity (Wildman–Crippen MR) is 99.8 cm³/mol. The molecule has 120 valence electrons. The van der Waals surface area contributed by atoms with Gasteiger partial charge in [-0.25, -0.2) is 0 Å². The van der Waals surface area contributed by atoms with Gasteiger partial charge in [0.1, 0.15) is 6.07 Å². The fourth-order valence-electron chi connectivity index (χ4n) is 3.03. The lowest BCUT2D eigenvalue weighted by Crippen LogP contribution is -2.41. The fraction of sp³-hybridized carbons (Fsp3) is 0.316. The molecule has 0 unspecified atom stereocenters. The molecule has 0 amide bonds. The molecule has 2 heterocycles. The van der Waals surface area contributed by atoms with Crippen LogP contribution in [0.2, 0.25) is 0 Å². The van der Waals surface area contributed by atoms with Crippen molar-refractivity contribution in [2.75, 3.05) is 0 Å². The molecular formula is C19H18BNO2S. The highest BCUT2D eigenvalue weighted by atomic mass is 32.1. The normalized spacial score (nSPS) is 19.0. The first kappa shape index (κ1) is 15.7. The van der Waals surface area contributed by atoms with Gasteiger partial charge >= 0.3 is 7.12 Å². The summed E-state index contributed by atoms with van der Waals surface area (Å²) in [5.74, 6) is 0. The van der Waals surface area contributed by atoms with Crippen molar-refractivity contribution in [3.05, 3.63) is 42.0 Å². The van der Waals surface area contributed by atoms with E-state index in [9.17, 15) is 5.26 Å². The molecule has 24 heavy (non-hydrogen) atoms. The minimum absolute atomic E-state index is 0.346. The molecule has 5 heteroatoms. The van der Waals surface area contributed by atoms with E-state index < -0.39 is 0 Å². The van der Waals surface area contributed by atoms with E-state index in [1.165, 1.54) is 5.39 Å². The maximum atomic E-state index is 9.32. The first-order valence-electron chi connectivity index (χ1n) is 8.03. The molecule has 3 aromatic rings. The number of hydrogen-bond donors (Lipinski definition) is 0. The molecule has 0 atom stereocenters. The zero-order chi connectivity index (χ0) is 17.1. The van der Waals surface area contributed by atoms with Crippen molar-refractivity contribution >= 4 is 44.1 Å². The van der Waals surface area contributed by atoms with E-state index in [0.717, 1.165) is 25.8 Å². The van der Waals surface area contributed by atoms with E-state index in [1.54, 1.807) is 11.3 Å². The molecule has 1 fully saturated rings. The first-order chi connectivity index (χ1) is 11.3. The molecule has 1 saturated heterocycles. The molecule has 1 aliphatic heterocycles. The quantitative estimate of drug-likeness (QED) is 0.625. The van der Waals surface area contributed by atoms with Gasteiger partial charge in [-0.15, -0.1) is 11.3 Å². The molecule has 0 saturated carbocycles. The Hall–Kier alpha value is -1.87. The van der Waals surface area contributed by atoms with E-state index in [-0.39, 0.29) is 18.3 Å². The van der Waals surface area contributed by atoms with E-state index in [0.29, 0.717) is 0 Å². The van der Waals surface area contributed by atoms with Crippen LogP contribution in [0.1, 0.15) is 33.3 Å². The minimum atomic E-state index is -0.361. The molecule has 4 rings (SSSR count). The number of rotatable bonds is 1. The molecule has 1 aromatic heterocycles.